The number of hydrogen-bond acceptors (Lipinski definition) is 6. The normalized spacial score (nSPS) is 16.8. The molecule has 2 heterocycles. The lowest BCUT2D eigenvalue weighted by Crippen LogP contribution is -2.40. The zero-order chi connectivity index (χ0) is 29.7. The minimum Gasteiger partial charge on any atom is -0.337 e. The highest BCUT2D eigenvalue weighted by atomic mass is 32.2. The maximum Gasteiger partial charge on any atom is 0.256 e. The van der Waals surface area contributed by atoms with Crippen molar-refractivity contribution in [2.24, 2.45) is 10.9 Å². The number of carbonyl (C=O) groups excluding carboxylic acids is 1. The molecule has 3 aromatic rings. The second-order valence-electron chi connectivity index (χ2n) is 12.2. The Morgan fingerprint density at radius 1 is 1.07 bits per heavy atom. The van der Waals surface area contributed by atoms with E-state index in [1.807, 2.05) is 18.7 Å². The highest BCUT2D eigenvalue weighted by Crippen LogP contribution is 2.41. The first-order valence-electron chi connectivity index (χ1n) is 15.8. The van der Waals surface area contributed by atoms with Crippen LogP contribution in [0.4, 0.5) is 5.88 Å². The third-order valence-electron chi connectivity index (χ3n) is 9.18. The summed E-state index contributed by atoms with van der Waals surface area (Å²) in [6, 6.07) is 15.4. The minimum atomic E-state index is -0.494. The smallest absolute Gasteiger partial charge is 0.256 e. The molecule has 2 aliphatic rings. The van der Waals surface area contributed by atoms with Crippen molar-refractivity contribution in [2.75, 3.05) is 4.72 Å². The second-order valence-corrected chi connectivity index (χ2v) is 13.1. The van der Waals surface area contributed by atoms with E-state index in [-0.39, 0.29) is 5.91 Å². The summed E-state index contributed by atoms with van der Waals surface area (Å²) in [7, 11) is 0. The lowest BCUT2D eigenvalue weighted by atomic mass is 9.91. The van der Waals surface area contributed by atoms with Gasteiger partial charge in [-0.2, -0.15) is 0 Å². The molecule has 1 N–H and O–H groups in total. The maximum absolute atomic E-state index is 13.8. The molecule has 1 amide bonds. The third-order valence-corrected chi connectivity index (χ3v) is 10.0. The Labute approximate surface area is 255 Å². The SMILES string of the molecule is CCCCC1=NC2(CCCC2)C(=O)N1Cc1ccc(-c2ccccc2SNc2onc(C)c2C)c(CCC(C)CC)c1. The molecule has 1 aliphatic carbocycles. The van der Waals surface area contributed by atoms with Gasteiger partial charge in [0, 0.05) is 16.9 Å². The first-order valence-corrected chi connectivity index (χ1v) is 16.6. The van der Waals surface area contributed by atoms with Gasteiger partial charge in [-0.25, -0.2) is 0 Å². The summed E-state index contributed by atoms with van der Waals surface area (Å²) < 4.78 is 8.87. The van der Waals surface area contributed by atoms with E-state index in [0.717, 1.165) is 79.8 Å². The van der Waals surface area contributed by atoms with Gasteiger partial charge in [-0.15, -0.1) is 0 Å². The Balaban J connectivity index is 1.44. The molecule has 1 unspecified atom stereocenters. The van der Waals surface area contributed by atoms with Crippen LogP contribution in [0.3, 0.4) is 0 Å². The van der Waals surface area contributed by atoms with E-state index >= 15 is 0 Å². The number of hydrogen-bond donors (Lipinski definition) is 1. The van der Waals surface area contributed by atoms with Crippen LogP contribution in [0.15, 0.2) is 56.9 Å². The zero-order valence-corrected chi connectivity index (χ0v) is 26.8. The number of aromatic nitrogens is 1. The molecule has 0 bridgehead atoms. The molecule has 1 aliphatic heterocycles. The van der Waals surface area contributed by atoms with E-state index < -0.39 is 5.54 Å². The van der Waals surface area contributed by atoms with E-state index in [1.165, 1.54) is 28.7 Å². The summed E-state index contributed by atoms with van der Waals surface area (Å²) in [5.74, 6) is 2.57. The first kappa shape index (κ1) is 30.4. The van der Waals surface area contributed by atoms with Crippen molar-refractivity contribution in [2.45, 2.75) is 116 Å². The predicted octanol–water partition coefficient (Wildman–Crippen LogP) is 9.30. The molecule has 42 heavy (non-hydrogen) atoms. The molecule has 1 aromatic heterocycles. The molecular formula is C35H46N4O2S. The summed E-state index contributed by atoms with van der Waals surface area (Å²) in [6.45, 7) is 11.4. The Kier molecular flexibility index (Phi) is 9.77. The van der Waals surface area contributed by atoms with Crippen molar-refractivity contribution in [1.29, 1.82) is 0 Å². The average molecular weight is 587 g/mol. The number of anilines is 1. The number of nitrogens with one attached hydrogen (secondary N) is 1. The highest BCUT2D eigenvalue weighted by Gasteiger charge is 2.49. The molecule has 0 saturated heterocycles. The number of benzene rings is 2. The second kappa shape index (κ2) is 13.5. The Morgan fingerprint density at radius 3 is 2.57 bits per heavy atom. The molecule has 6 nitrogen and oxygen atoms in total. The Morgan fingerprint density at radius 2 is 1.86 bits per heavy atom. The molecule has 7 heteroatoms. The first-order chi connectivity index (χ1) is 20.3. The summed E-state index contributed by atoms with van der Waals surface area (Å²) in [5, 5.41) is 4.09. The van der Waals surface area contributed by atoms with Crippen LogP contribution >= 0.6 is 11.9 Å². The topological polar surface area (TPSA) is 70.7 Å². The van der Waals surface area contributed by atoms with Crippen molar-refractivity contribution < 1.29 is 9.32 Å². The van der Waals surface area contributed by atoms with Crippen LogP contribution in [-0.2, 0) is 17.8 Å². The van der Waals surface area contributed by atoms with Crippen molar-refractivity contribution in [3.8, 4) is 11.1 Å². The van der Waals surface area contributed by atoms with Gasteiger partial charge in [0.15, 0.2) is 0 Å². The summed E-state index contributed by atoms with van der Waals surface area (Å²) in [5.41, 5.74) is 6.39. The molecular weight excluding hydrogens is 540 g/mol. The van der Waals surface area contributed by atoms with Crippen molar-refractivity contribution in [3.05, 3.63) is 64.8 Å². The molecule has 1 fully saturated rings. The van der Waals surface area contributed by atoms with Crippen LogP contribution in [0.5, 0.6) is 0 Å². The van der Waals surface area contributed by atoms with E-state index in [0.29, 0.717) is 18.3 Å². The minimum absolute atomic E-state index is 0.224. The molecule has 224 valence electrons. The van der Waals surface area contributed by atoms with Crippen LogP contribution in [0, 0.1) is 19.8 Å². The maximum atomic E-state index is 13.8. The van der Waals surface area contributed by atoms with Gasteiger partial charge in [-0.05, 0) is 92.1 Å². The van der Waals surface area contributed by atoms with Gasteiger partial charge < -0.3 is 4.52 Å². The lowest BCUT2D eigenvalue weighted by molar-refractivity contribution is -0.131. The van der Waals surface area contributed by atoms with Gasteiger partial charge in [0.25, 0.3) is 5.91 Å². The van der Waals surface area contributed by atoms with Gasteiger partial charge in [-0.1, -0.05) is 88.0 Å². The monoisotopic (exact) mass is 586 g/mol. The Hall–Kier alpha value is -3.06. The fourth-order valence-corrected chi connectivity index (χ4v) is 6.92. The van der Waals surface area contributed by atoms with Crippen LogP contribution in [0.2, 0.25) is 0 Å². The van der Waals surface area contributed by atoms with Gasteiger partial charge >= 0.3 is 0 Å². The Bertz CT molecular complexity index is 1420. The van der Waals surface area contributed by atoms with Gasteiger partial charge in [0.2, 0.25) is 5.88 Å². The van der Waals surface area contributed by atoms with E-state index in [9.17, 15) is 4.79 Å². The van der Waals surface area contributed by atoms with E-state index in [2.05, 4.69) is 73.1 Å². The summed E-state index contributed by atoms with van der Waals surface area (Å²) in [4.78, 5) is 22.0. The van der Waals surface area contributed by atoms with Gasteiger partial charge in [0.1, 0.15) is 11.4 Å². The number of rotatable bonds is 13. The summed E-state index contributed by atoms with van der Waals surface area (Å²) in [6.07, 6.45) is 10.3. The quantitative estimate of drug-likeness (QED) is 0.202. The number of nitrogens with zero attached hydrogens (tertiary/aromatic N) is 3. The highest BCUT2D eigenvalue weighted by molar-refractivity contribution is 8.00. The molecule has 1 saturated carbocycles. The largest absolute Gasteiger partial charge is 0.337 e. The van der Waals surface area contributed by atoms with Gasteiger partial charge in [0.05, 0.1) is 12.2 Å². The average Bonchev–Trinajstić information content (AvgIpc) is 3.68. The molecule has 1 spiro atoms. The predicted molar refractivity (Wildman–Crippen MR) is 174 cm³/mol. The molecule has 1 atom stereocenters. The van der Waals surface area contributed by atoms with Crippen LogP contribution in [-0.4, -0.2) is 27.3 Å². The van der Waals surface area contributed by atoms with Crippen LogP contribution in [0.1, 0.15) is 101 Å². The zero-order valence-electron chi connectivity index (χ0n) is 26.0. The number of aliphatic imine (C=N–C) groups is 1. The molecule has 5 rings (SSSR count). The number of amidine groups is 1. The van der Waals surface area contributed by atoms with E-state index in [1.54, 1.807) is 11.9 Å². The van der Waals surface area contributed by atoms with Crippen molar-refractivity contribution in [3.63, 3.8) is 0 Å². The fourth-order valence-electron chi connectivity index (χ4n) is 6.09. The molecule has 0 radical (unpaired) electrons. The standard InChI is InChI=1S/C35H46N4O2S/c1-6-8-15-32-36-35(20-11-12-21-35)34(40)39(32)23-27-17-19-29(28(22-27)18-16-24(3)7-2)30-13-9-10-14-31(30)42-38-33-25(4)26(5)37-41-33/h9-10,13-14,17,19,22,24,38H,6-8,11-12,15-16,18,20-21,23H2,1-5H3. The lowest BCUT2D eigenvalue weighted by Gasteiger charge is -2.23. The van der Waals surface area contributed by atoms with Crippen molar-refractivity contribution >= 4 is 29.6 Å². The van der Waals surface area contributed by atoms with E-state index in [4.69, 9.17) is 9.52 Å². The van der Waals surface area contributed by atoms with Crippen LogP contribution < -0.4 is 4.72 Å². The number of carbonyl (C=O) groups is 1. The number of amides is 1. The summed E-state index contributed by atoms with van der Waals surface area (Å²) >= 11 is 1.56. The number of aryl methyl sites for hydroxylation is 2. The molecule has 2 aromatic carbocycles. The van der Waals surface area contributed by atoms with Crippen LogP contribution in [0.25, 0.3) is 11.1 Å². The van der Waals surface area contributed by atoms with Crippen molar-refractivity contribution in [1.82, 2.24) is 10.1 Å². The fraction of sp³-hybridized carbons (Fsp3) is 0.514. The van der Waals surface area contributed by atoms with Gasteiger partial charge in [-0.3, -0.25) is 19.4 Å². The number of unbranched alkanes of at least 4 members (excludes halogenated alkanes) is 1. The third kappa shape index (κ3) is 6.46.